The summed E-state index contributed by atoms with van der Waals surface area (Å²) in [5, 5.41) is 0. The van der Waals surface area contributed by atoms with Gasteiger partial charge in [0.1, 0.15) is 23.9 Å². The van der Waals surface area contributed by atoms with Crippen LogP contribution in [-0.4, -0.2) is 24.5 Å². The number of benzene rings is 1. The maximum Gasteiger partial charge on any atom is 0.249 e. The average Bonchev–Trinajstić information content (AvgIpc) is 2.86. The van der Waals surface area contributed by atoms with Crippen molar-refractivity contribution in [3.8, 4) is 0 Å². The van der Waals surface area contributed by atoms with Crippen LogP contribution in [0.25, 0.3) is 0 Å². The molecule has 0 aliphatic heterocycles. The van der Waals surface area contributed by atoms with E-state index in [1.165, 1.54) is 19.2 Å². The Kier molecular flexibility index (Phi) is 5.11. The van der Waals surface area contributed by atoms with Gasteiger partial charge in [-0.05, 0) is 36.8 Å². The predicted molar refractivity (Wildman–Crippen MR) is 76.0 cm³/mol. The zero-order valence-corrected chi connectivity index (χ0v) is 12.1. The number of furan rings is 1. The minimum atomic E-state index is -0.296. The Hall–Kier alpha value is -2.14. The van der Waals surface area contributed by atoms with Crippen LogP contribution >= 0.6 is 0 Å². The van der Waals surface area contributed by atoms with Crippen LogP contribution in [0.5, 0.6) is 0 Å². The van der Waals surface area contributed by atoms with Crippen molar-refractivity contribution < 1.29 is 18.3 Å². The molecule has 112 valence electrons. The minimum absolute atomic E-state index is 0.000878. The lowest BCUT2D eigenvalue weighted by Crippen LogP contribution is -2.32. The van der Waals surface area contributed by atoms with Crippen LogP contribution in [0.2, 0.25) is 0 Å². The Morgan fingerprint density at radius 3 is 2.48 bits per heavy atom. The lowest BCUT2D eigenvalue weighted by Gasteiger charge is -2.21. The van der Waals surface area contributed by atoms with Crippen molar-refractivity contribution in [1.82, 2.24) is 4.90 Å². The SMILES string of the molecule is COCC(=O)N(Cc1ccc(F)cc1)Cc1ccc(C)o1. The smallest absolute Gasteiger partial charge is 0.249 e. The van der Waals surface area contributed by atoms with E-state index >= 15 is 0 Å². The van der Waals surface area contributed by atoms with Gasteiger partial charge in [0.2, 0.25) is 5.91 Å². The Labute approximate surface area is 123 Å². The number of hydrogen-bond acceptors (Lipinski definition) is 3. The molecular weight excluding hydrogens is 273 g/mol. The second-order valence-corrected chi connectivity index (χ2v) is 4.82. The maximum atomic E-state index is 12.9. The molecule has 1 heterocycles. The van der Waals surface area contributed by atoms with Crippen LogP contribution in [0, 0.1) is 12.7 Å². The molecule has 0 N–H and O–H groups in total. The highest BCUT2D eigenvalue weighted by molar-refractivity contribution is 5.77. The van der Waals surface area contributed by atoms with Gasteiger partial charge in [0.25, 0.3) is 0 Å². The number of carbonyl (C=O) groups excluding carboxylic acids is 1. The fourth-order valence-corrected chi connectivity index (χ4v) is 2.02. The fraction of sp³-hybridized carbons (Fsp3) is 0.312. The quantitative estimate of drug-likeness (QED) is 0.822. The van der Waals surface area contributed by atoms with E-state index < -0.39 is 0 Å². The minimum Gasteiger partial charge on any atom is -0.464 e. The summed E-state index contributed by atoms with van der Waals surface area (Å²) in [7, 11) is 1.48. The van der Waals surface area contributed by atoms with Gasteiger partial charge in [0.05, 0.1) is 6.54 Å². The van der Waals surface area contributed by atoms with Crippen LogP contribution in [0.15, 0.2) is 40.8 Å². The highest BCUT2D eigenvalue weighted by Crippen LogP contribution is 2.13. The van der Waals surface area contributed by atoms with Crippen LogP contribution in [0.4, 0.5) is 4.39 Å². The van der Waals surface area contributed by atoms with Gasteiger partial charge in [-0.1, -0.05) is 12.1 Å². The van der Waals surface area contributed by atoms with Gasteiger partial charge in [-0.3, -0.25) is 4.79 Å². The molecule has 0 aliphatic rings. The first-order valence-electron chi connectivity index (χ1n) is 6.65. The van der Waals surface area contributed by atoms with Gasteiger partial charge >= 0.3 is 0 Å². The van der Waals surface area contributed by atoms with Crippen molar-refractivity contribution in [1.29, 1.82) is 0 Å². The summed E-state index contributed by atoms with van der Waals surface area (Å²) in [5.41, 5.74) is 0.851. The van der Waals surface area contributed by atoms with Crippen molar-refractivity contribution in [3.05, 3.63) is 59.3 Å². The number of rotatable bonds is 6. The normalized spacial score (nSPS) is 10.6. The Balaban J connectivity index is 2.11. The van der Waals surface area contributed by atoms with E-state index in [2.05, 4.69) is 0 Å². The average molecular weight is 291 g/mol. The second-order valence-electron chi connectivity index (χ2n) is 4.82. The molecule has 0 saturated carbocycles. The van der Waals surface area contributed by atoms with Crippen molar-refractivity contribution in [2.75, 3.05) is 13.7 Å². The maximum absolute atomic E-state index is 12.9. The molecule has 0 bridgehead atoms. The first-order chi connectivity index (χ1) is 10.1. The molecule has 2 rings (SSSR count). The molecule has 0 aliphatic carbocycles. The van der Waals surface area contributed by atoms with E-state index in [9.17, 15) is 9.18 Å². The van der Waals surface area contributed by atoms with Crippen LogP contribution < -0.4 is 0 Å². The standard InChI is InChI=1S/C16H18FNO3/c1-12-3-8-15(21-12)10-18(16(19)11-20-2)9-13-4-6-14(17)7-5-13/h3-8H,9-11H2,1-2H3. The number of methoxy groups -OCH3 is 1. The Morgan fingerprint density at radius 2 is 1.90 bits per heavy atom. The summed E-state index contributed by atoms with van der Waals surface area (Å²) in [6.45, 7) is 2.58. The van der Waals surface area contributed by atoms with Crippen LogP contribution in [0.3, 0.4) is 0 Å². The summed E-state index contributed by atoms with van der Waals surface area (Å²) in [4.78, 5) is 13.7. The molecule has 0 unspecified atom stereocenters. The number of aryl methyl sites for hydroxylation is 1. The molecule has 0 spiro atoms. The fourth-order valence-electron chi connectivity index (χ4n) is 2.02. The van der Waals surface area contributed by atoms with E-state index in [0.717, 1.165) is 11.3 Å². The lowest BCUT2D eigenvalue weighted by molar-refractivity contribution is -0.136. The molecule has 1 aromatic carbocycles. The first-order valence-corrected chi connectivity index (χ1v) is 6.65. The summed E-state index contributed by atoms with van der Waals surface area (Å²) < 4.78 is 23.3. The first kappa shape index (κ1) is 15.3. The monoisotopic (exact) mass is 291 g/mol. The zero-order chi connectivity index (χ0) is 15.2. The second kappa shape index (κ2) is 7.04. The van der Waals surface area contributed by atoms with Gasteiger partial charge < -0.3 is 14.1 Å². The Bertz CT molecular complexity index is 592. The van der Waals surface area contributed by atoms with E-state index in [-0.39, 0.29) is 18.3 Å². The predicted octanol–water partition coefficient (Wildman–Crippen LogP) is 2.90. The van der Waals surface area contributed by atoms with Crippen molar-refractivity contribution in [3.63, 3.8) is 0 Å². The number of halogens is 1. The molecule has 0 atom stereocenters. The van der Waals surface area contributed by atoms with Crippen LogP contribution in [-0.2, 0) is 22.6 Å². The molecule has 2 aromatic rings. The molecule has 21 heavy (non-hydrogen) atoms. The third kappa shape index (κ3) is 4.43. The molecule has 1 aromatic heterocycles. The van der Waals surface area contributed by atoms with Gasteiger partial charge in [-0.15, -0.1) is 0 Å². The van der Waals surface area contributed by atoms with Crippen molar-refractivity contribution >= 4 is 5.91 Å². The number of amides is 1. The molecule has 0 saturated heterocycles. The lowest BCUT2D eigenvalue weighted by atomic mass is 10.2. The van der Waals surface area contributed by atoms with E-state index in [0.29, 0.717) is 18.8 Å². The number of carbonyl (C=O) groups is 1. The molecule has 0 radical (unpaired) electrons. The molecule has 1 amide bonds. The molecule has 4 nitrogen and oxygen atoms in total. The third-order valence-corrected chi connectivity index (χ3v) is 3.05. The third-order valence-electron chi connectivity index (χ3n) is 3.05. The van der Waals surface area contributed by atoms with Gasteiger partial charge in [0.15, 0.2) is 0 Å². The number of nitrogens with zero attached hydrogens (tertiary/aromatic N) is 1. The topological polar surface area (TPSA) is 42.7 Å². The zero-order valence-electron chi connectivity index (χ0n) is 12.1. The highest BCUT2D eigenvalue weighted by atomic mass is 19.1. The number of ether oxygens (including phenoxy) is 1. The van der Waals surface area contributed by atoms with Crippen molar-refractivity contribution in [2.45, 2.75) is 20.0 Å². The number of hydrogen-bond donors (Lipinski definition) is 0. The van der Waals surface area contributed by atoms with Gasteiger partial charge in [0, 0.05) is 13.7 Å². The molecule has 5 heteroatoms. The summed E-state index contributed by atoms with van der Waals surface area (Å²) in [6, 6.07) is 9.78. The van der Waals surface area contributed by atoms with E-state index in [1.54, 1.807) is 17.0 Å². The highest BCUT2D eigenvalue weighted by Gasteiger charge is 2.16. The van der Waals surface area contributed by atoms with Gasteiger partial charge in [-0.25, -0.2) is 4.39 Å². The van der Waals surface area contributed by atoms with E-state index in [1.807, 2.05) is 19.1 Å². The molecule has 0 fully saturated rings. The van der Waals surface area contributed by atoms with Gasteiger partial charge in [-0.2, -0.15) is 0 Å². The summed E-state index contributed by atoms with van der Waals surface area (Å²) in [5.74, 6) is 1.07. The summed E-state index contributed by atoms with van der Waals surface area (Å²) in [6.07, 6.45) is 0. The van der Waals surface area contributed by atoms with Crippen molar-refractivity contribution in [2.24, 2.45) is 0 Å². The summed E-state index contributed by atoms with van der Waals surface area (Å²) >= 11 is 0. The molecular formula is C16H18FNO3. The largest absolute Gasteiger partial charge is 0.464 e. The Morgan fingerprint density at radius 1 is 1.19 bits per heavy atom. The van der Waals surface area contributed by atoms with Crippen LogP contribution in [0.1, 0.15) is 17.1 Å². The van der Waals surface area contributed by atoms with E-state index in [4.69, 9.17) is 9.15 Å².